The molecule has 1 aromatic heterocycles. The van der Waals surface area contributed by atoms with Gasteiger partial charge in [0.2, 0.25) is 0 Å². The Morgan fingerprint density at radius 3 is 2.50 bits per heavy atom. The Morgan fingerprint density at radius 1 is 1.23 bits per heavy atom. The van der Waals surface area contributed by atoms with E-state index in [1.54, 1.807) is 0 Å². The maximum atomic E-state index is 4.47. The molecular formula is C19H30IN5S. The maximum absolute atomic E-state index is 4.47. The van der Waals surface area contributed by atoms with Crippen LogP contribution in [0.1, 0.15) is 23.9 Å². The monoisotopic (exact) mass is 487 g/mol. The molecule has 1 heterocycles. The van der Waals surface area contributed by atoms with E-state index in [9.17, 15) is 0 Å². The van der Waals surface area contributed by atoms with Crippen LogP contribution in [0.15, 0.2) is 40.2 Å². The first-order valence-corrected chi connectivity index (χ1v) is 9.54. The van der Waals surface area contributed by atoms with Gasteiger partial charge in [0.1, 0.15) is 0 Å². The minimum atomic E-state index is 0. The highest BCUT2D eigenvalue weighted by atomic mass is 127. The van der Waals surface area contributed by atoms with Crippen LogP contribution in [0.2, 0.25) is 0 Å². The first kappa shape index (κ1) is 22.8. The molecule has 0 aliphatic rings. The molecule has 1 aromatic carbocycles. The van der Waals surface area contributed by atoms with Gasteiger partial charge in [-0.25, -0.2) is 0 Å². The molecule has 2 aromatic rings. The molecule has 7 heteroatoms. The zero-order valence-electron chi connectivity index (χ0n) is 16.2. The minimum Gasteiger partial charge on any atom is -0.356 e. The summed E-state index contributed by atoms with van der Waals surface area (Å²) in [7, 11) is 3.80. The molecule has 0 aliphatic carbocycles. The number of nitrogens with one attached hydrogen (secondary N) is 2. The molecule has 26 heavy (non-hydrogen) atoms. The molecule has 0 bridgehead atoms. The number of hydrogen-bond acceptors (Lipinski definition) is 3. The van der Waals surface area contributed by atoms with Gasteiger partial charge in [-0.2, -0.15) is 5.10 Å². The van der Waals surface area contributed by atoms with Crippen molar-refractivity contribution in [1.29, 1.82) is 0 Å². The molecule has 0 spiro atoms. The van der Waals surface area contributed by atoms with Crippen molar-refractivity contribution in [1.82, 2.24) is 20.4 Å². The number of hydrogen-bond donors (Lipinski definition) is 2. The first-order chi connectivity index (χ1) is 12.0. The smallest absolute Gasteiger partial charge is 0.191 e. The normalized spacial score (nSPS) is 12.4. The second kappa shape index (κ2) is 11.5. The van der Waals surface area contributed by atoms with Crippen molar-refractivity contribution < 1.29 is 0 Å². The van der Waals surface area contributed by atoms with Crippen LogP contribution in [0.4, 0.5) is 0 Å². The van der Waals surface area contributed by atoms with Crippen molar-refractivity contribution in [3.8, 4) is 0 Å². The molecular weight excluding hydrogens is 457 g/mol. The predicted molar refractivity (Wildman–Crippen MR) is 123 cm³/mol. The molecule has 0 amide bonds. The molecule has 0 saturated heterocycles. The predicted octanol–water partition coefficient (Wildman–Crippen LogP) is 3.54. The lowest BCUT2D eigenvalue weighted by Crippen LogP contribution is -2.40. The van der Waals surface area contributed by atoms with Crippen LogP contribution < -0.4 is 10.6 Å². The molecule has 0 aliphatic heterocycles. The van der Waals surface area contributed by atoms with Crippen molar-refractivity contribution in [2.24, 2.45) is 12.0 Å². The highest BCUT2D eigenvalue weighted by Crippen LogP contribution is 2.21. The van der Waals surface area contributed by atoms with E-state index >= 15 is 0 Å². The van der Waals surface area contributed by atoms with Gasteiger partial charge in [-0.1, -0.05) is 25.1 Å². The minimum absolute atomic E-state index is 0. The van der Waals surface area contributed by atoms with Crippen LogP contribution in [0.25, 0.3) is 0 Å². The van der Waals surface area contributed by atoms with Crippen LogP contribution in [0.3, 0.4) is 0 Å². The second-order valence-corrected chi connectivity index (χ2v) is 7.66. The lowest BCUT2D eigenvalue weighted by Gasteiger charge is -2.16. The summed E-state index contributed by atoms with van der Waals surface area (Å²) < 4.78 is 1.94. The summed E-state index contributed by atoms with van der Waals surface area (Å²) in [5, 5.41) is 11.7. The summed E-state index contributed by atoms with van der Waals surface area (Å²) in [5.74, 6) is 0.847. The second-order valence-electron chi connectivity index (χ2n) is 6.14. The van der Waals surface area contributed by atoms with Gasteiger partial charge in [0.15, 0.2) is 5.96 Å². The zero-order valence-corrected chi connectivity index (χ0v) is 19.4. The number of nitrogens with zero attached hydrogens (tertiary/aromatic N) is 3. The number of aromatic nitrogens is 2. The average molecular weight is 487 g/mol. The van der Waals surface area contributed by atoms with Gasteiger partial charge in [0.25, 0.3) is 0 Å². The fourth-order valence-corrected chi connectivity index (χ4v) is 3.66. The van der Waals surface area contributed by atoms with Crippen molar-refractivity contribution in [3.05, 3.63) is 47.3 Å². The number of guanidine groups is 1. The van der Waals surface area contributed by atoms with Crippen molar-refractivity contribution in [3.63, 3.8) is 0 Å². The van der Waals surface area contributed by atoms with Crippen LogP contribution in [-0.4, -0.2) is 41.1 Å². The number of benzene rings is 1. The van der Waals surface area contributed by atoms with E-state index in [-0.39, 0.29) is 24.0 Å². The van der Waals surface area contributed by atoms with E-state index in [2.05, 4.69) is 65.8 Å². The van der Waals surface area contributed by atoms with Crippen LogP contribution in [-0.2, 0) is 13.5 Å². The van der Waals surface area contributed by atoms with E-state index in [4.69, 9.17) is 0 Å². The van der Waals surface area contributed by atoms with Gasteiger partial charge in [-0.3, -0.25) is 9.67 Å². The summed E-state index contributed by atoms with van der Waals surface area (Å²) in [6.07, 6.45) is 0.945. The average Bonchev–Trinajstić information content (AvgIpc) is 2.84. The third-order valence-corrected chi connectivity index (χ3v) is 5.30. The molecule has 2 rings (SSSR count). The molecule has 2 N–H and O–H groups in total. The third-order valence-electron chi connectivity index (χ3n) is 4.19. The number of halogens is 1. The molecule has 1 unspecified atom stereocenters. The van der Waals surface area contributed by atoms with Crippen molar-refractivity contribution in [2.45, 2.75) is 37.3 Å². The van der Waals surface area contributed by atoms with E-state index in [0.717, 1.165) is 31.2 Å². The van der Waals surface area contributed by atoms with Gasteiger partial charge < -0.3 is 10.6 Å². The molecule has 0 fully saturated rings. The van der Waals surface area contributed by atoms with Gasteiger partial charge in [-0.05, 0) is 38.0 Å². The van der Waals surface area contributed by atoms with E-state index < -0.39 is 0 Å². The largest absolute Gasteiger partial charge is 0.356 e. The van der Waals surface area contributed by atoms with Crippen molar-refractivity contribution in [2.75, 3.05) is 20.1 Å². The Hall–Kier alpha value is -1.22. The number of aryl methyl sites for hydroxylation is 2. The number of aliphatic imine (C=N–C) groups is 1. The number of rotatable bonds is 7. The van der Waals surface area contributed by atoms with E-state index in [1.807, 2.05) is 36.6 Å². The quantitative estimate of drug-likeness (QED) is 0.272. The van der Waals surface area contributed by atoms with Gasteiger partial charge in [-0.15, -0.1) is 35.7 Å². The summed E-state index contributed by atoms with van der Waals surface area (Å²) in [6.45, 7) is 8.11. The highest BCUT2D eigenvalue weighted by Gasteiger charge is 2.10. The summed E-state index contributed by atoms with van der Waals surface area (Å²) in [4.78, 5) is 5.61. The Morgan fingerprint density at radius 2 is 1.92 bits per heavy atom. The third kappa shape index (κ3) is 6.83. The van der Waals surface area contributed by atoms with Crippen molar-refractivity contribution >= 4 is 41.7 Å². The van der Waals surface area contributed by atoms with Crippen LogP contribution in [0.5, 0.6) is 0 Å². The fraction of sp³-hybridized carbons (Fsp3) is 0.474. The summed E-state index contributed by atoms with van der Waals surface area (Å²) >= 11 is 1.87. The van der Waals surface area contributed by atoms with Crippen LogP contribution in [0, 0.1) is 13.8 Å². The molecule has 5 nitrogen and oxygen atoms in total. The first-order valence-electron chi connectivity index (χ1n) is 8.66. The van der Waals surface area contributed by atoms with Gasteiger partial charge in [0, 0.05) is 43.0 Å². The fourth-order valence-electron chi connectivity index (χ4n) is 2.72. The number of thioether (sulfide) groups is 1. The molecule has 0 radical (unpaired) electrons. The molecule has 1 atom stereocenters. The molecule has 144 valence electrons. The van der Waals surface area contributed by atoms with E-state index in [0.29, 0.717) is 5.25 Å². The van der Waals surface area contributed by atoms with E-state index in [1.165, 1.54) is 16.2 Å². The van der Waals surface area contributed by atoms with Gasteiger partial charge in [0.05, 0.1) is 5.69 Å². The summed E-state index contributed by atoms with van der Waals surface area (Å²) in [5.41, 5.74) is 3.66. The lowest BCUT2D eigenvalue weighted by molar-refractivity contribution is 0.728. The zero-order chi connectivity index (χ0) is 18.2. The highest BCUT2D eigenvalue weighted by molar-refractivity contribution is 14.0. The SMILES string of the molecule is CN=C(NCCc1c(C)nn(C)c1C)NCC(C)Sc1ccccc1.I. The van der Waals surface area contributed by atoms with Crippen LogP contribution >= 0.6 is 35.7 Å². The molecule has 0 saturated carbocycles. The Labute approximate surface area is 178 Å². The lowest BCUT2D eigenvalue weighted by atomic mass is 10.1. The Kier molecular flexibility index (Phi) is 10.1. The topological polar surface area (TPSA) is 54.2 Å². The Bertz CT molecular complexity index is 699. The van der Waals surface area contributed by atoms with Gasteiger partial charge >= 0.3 is 0 Å². The standard InChI is InChI=1S/C19H29N5S.HI/c1-14(25-17-9-7-6-8-10-17)13-22-19(20-4)21-12-11-18-15(2)23-24(5)16(18)3;/h6-10,14H,11-13H2,1-5H3,(H2,20,21,22);1H. The Balaban J connectivity index is 0.00000338. The maximum Gasteiger partial charge on any atom is 0.191 e. The summed E-state index contributed by atoms with van der Waals surface area (Å²) in [6, 6.07) is 10.5.